The number of aromatic nitrogens is 2. The molecule has 0 atom stereocenters. The van der Waals surface area contributed by atoms with Crippen LogP contribution in [0.3, 0.4) is 0 Å². The summed E-state index contributed by atoms with van der Waals surface area (Å²) in [6, 6.07) is 11.2. The lowest BCUT2D eigenvalue weighted by Crippen LogP contribution is -2.23. The van der Waals surface area contributed by atoms with Crippen LogP contribution >= 0.6 is 23.2 Å². The number of benzene rings is 1. The summed E-state index contributed by atoms with van der Waals surface area (Å²) in [5.74, 6) is 0.970. The summed E-state index contributed by atoms with van der Waals surface area (Å²) in [6.07, 6.45) is 2.74. The van der Waals surface area contributed by atoms with Gasteiger partial charge in [-0.3, -0.25) is 14.1 Å². The number of fused-ring (bicyclic) bond motifs is 1. The van der Waals surface area contributed by atoms with Gasteiger partial charge in [0.2, 0.25) is 6.41 Å². The molecule has 0 radical (unpaired) electrons. The molecule has 124 valence electrons. The Balaban J connectivity index is 2.07. The van der Waals surface area contributed by atoms with Crippen LogP contribution < -0.4 is 4.90 Å². The largest absolute Gasteiger partial charge is 0.294 e. The molecule has 2 heterocycles. The van der Waals surface area contributed by atoms with Gasteiger partial charge in [-0.15, -0.1) is 0 Å². The van der Waals surface area contributed by atoms with E-state index in [-0.39, 0.29) is 5.92 Å². The number of anilines is 1. The minimum atomic E-state index is 0.191. The number of carbonyl (C=O) groups is 1. The standard InChI is InChI=1S/C18H17Cl2N3O/c1-12(2)17-18(23-8-4-3-5-16(23)21-17)22(11-24)10-13-6-7-14(19)15(20)9-13/h3-9,11-12H,10H2,1-2H3. The lowest BCUT2D eigenvalue weighted by Gasteiger charge is -2.20. The number of imidazole rings is 1. The highest BCUT2D eigenvalue weighted by Crippen LogP contribution is 2.30. The second kappa shape index (κ2) is 6.83. The molecule has 0 N–H and O–H groups in total. The summed E-state index contributed by atoms with van der Waals surface area (Å²) in [6.45, 7) is 4.52. The Kier molecular flexibility index (Phi) is 4.78. The fourth-order valence-electron chi connectivity index (χ4n) is 2.67. The SMILES string of the molecule is CC(C)c1nc2ccccn2c1N(C=O)Cc1ccc(Cl)c(Cl)c1. The summed E-state index contributed by atoms with van der Waals surface area (Å²) < 4.78 is 1.93. The van der Waals surface area contributed by atoms with Gasteiger partial charge < -0.3 is 0 Å². The lowest BCUT2D eigenvalue weighted by atomic mass is 10.1. The van der Waals surface area contributed by atoms with Crippen LogP contribution in [0.1, 0.15) is 31.0 Å². The quantitative estimate of drug-likeness (QED) is 0.604. The molecule has 1 amide bonds. The van der Waals surface area contributed by atoms with Crippen LogP contribution in [-0.4, -0.2) is 15.8 Å². The third-order valence-corrected chi connectivity index (χ3v) is 4.55. The van der Waals surface area contributed by atoms with Crippen molar-refractivity contribution in [2.24, 2.45) is 0 Å². The van der Waals surface area contributed by atoms with Gasteiger partial charge >= 0.3 is 0 Å². The second-order valence-electron chi connectivity index (χ2n) is 5.89. The number of pyridine rings is 1. The summed E-state index contributed by atoms with van der Waals surface area (Å²) in [5.41, 5.74) is 2.60. The van der Waals surface area contributed by atoms with E-state index in [4.69, 9.17) is 23.2 Å². The molecule has 3 aromatic rings. The number of amides is 1. The number of rotatable bonds is 5. The first kappa shape index (κ1) is 16.8. The predicted octanol–water partition coefficient (Wildman–Crippen LogP) is 4.93. The van der Waals surface area contributed by atoms with Crippen molar-refractivity contribution in [3.8, 4) is 0 Å². The molecule has 4 nitrogen and oxygen atoms in total. The lowest BCUT2D eigenvalue weighted by molar-refractivity contribution is -0.107. The number of carbonyl (C=O) groups excluding carboxylic acids is 1. The summed E-state index contributed by atoms with van der Waals surface area (Å²) in [4.78, 5) is 18.1. The zero-order chi connectivity index (χ0) is 17.3. The van der Waals surface area contributed by atoms with Gasteiger partial charge in [0, 0.05) is 6.20 Å². The number of hydrogen-bond acceptors (Lipinski definition) is 2. The van der Waals surface area contributed by atoms with E-state index in [0.29, 0.717) is 16.6 Å². The molecule has 24 heavy (non-hydrogen) atoms. The third-order valence-electron chi connectivity index (χ3n) is 3.81. The van der Waals surface area contributed by atoms with E-state index in [1.54, 1.807) is 17.0 Å². The molecule has 0 fully saturated rings. The molecule has 0 unspecified atom stereocenters. The van der Waals surface area contributed by atoms with Crippen LogP contribution in [0.2, 0.25) is 10.0 Å². The van der Waals surface area contributed by atoms with E-state index in [2.05, 4.69) is 18.8 Å². The van der Waals surface area contributed by atoms with Crippen molar-refractivity contribution < 1.29 is 4.79 Å². The molecule has 0 saturated heterocycles. The maximum Gasteiger partial charge on any atom is 0.215 e. The highest BCUT2D eigenvalue weighted by molar-refractivity contribution is 6.42. The third kappa shape index (κ3) is 3.12. The molecule has 6 heteroatoms. The van der Waals surface area contributed by atoms with Gasteiger partial charge in [-0.1, -0.05) is 49.2 Å². The summed E-state index contributed by atoms with van der Waals surface area (Å²) >= 11 is 12.1. The fourth-order valence-corrected chi connectivity index (χ4v) is 2.99. The highest BCUT2D eigenvalue weighted by atomic mass is 35.5. The van der Waals surface area contributed by atoms with Gasteiger partial charge in [0.1, 0.15) is 11.5 Å². The molecule has 0 saturated carbocycles. The van der Waals surface area contributed by atoms with Crippen LogP contribution in [-0.2, 0) is 11.3 Å². The second-order valence-corrected chi connectivity index (χ2v) is 6.70. The van der Waals surface area contributed by atoms with Crippen LogP contribution in [0.4, 0.5) is 5.82 Å². The van der Waals surface area contributed by atoms with E-state index < -0.39 is 0 Å². The molecule has 0 bridgehead atoms. The van der Waals surface area contributed by atoms with E-state index in [1.807, 2.05) is 34.9 Å². The molecule has 3 rings (SSSR count). The van der Waals surface area contributed by atoms with Crippen molar-refractivity contribution in [1.82, 2.24) is 9.38 Å². The molecule has 2 aromatic heterocycles. The number of halogens is 2. The van der Waals surface area contributed by atoms with E-state index in [0.717, 1.165) is 29.1 Å². The summed E-state index contributed by atoms with van der Waals surface area (Å²) in [5, 5.41) is 0.970. The van der Waals surface area contributed by atoms with Crippen molar-refractivity contribution in [2.45, 2.75) is 26.3 Å². The minimum absolute atomic E-state index is 0.191. The number of nitrogens with zero attached hydrogens (tertiary/aromatic N) is 3. The van der Waals surface area contributed by atoms with E-state index in [9.17, 15) is 4.79 Å². The normalized spacial score (nSPS) is 11.2. The van der Waals surface area contributed by atoms with Gasteiger partial charge in [-0.2, -0.15) is 0 Å². The molecule has 1 aromatic carbocycles. The van der Waals surface area contributed by atoms with Gasteiger partial charge in [-0.05, 0) is 35.7 Å². The van der Waals surface area contributed by atoms with Crippen molar-refractivity contribution in [1.29, 1.82) is 0 Å². The fraction of sp³-hybridized carbons (Fsp3) is 0.222. The van der Waals surface area contributed by atoms with Gasteiger partial charge in [0.15, 0.2) is 0 Å². The van der Waals surface area contributed by atoms with Crippen molar-refractivity contribution in [3.05, 3.63) is 63.9 Å². The molecule has 0 aliphatic carbocycles. The van der Waals surface area contributed by atoms with Crippen LogP contribution in [0, 0.1) is 0 Å². The topological polar surface area (TPSA) is 37.6 Å². The monoisotopic (exact) mass is 361 g/mol. The Morgan fingerprint density at radius 1 is 1.21 bits per heavy atom. The minimum Gasteiger partial charge on any atom is -0.294 e. The van der Waals surface area contributed by atoms with Gasteiger partial charge in [0.25, 0.3) is 0 Å². The average Bonchev–Trinajstić information content (AvgIpc) is 2.95. The smallest absolute Gasteiger partial charge is 0.215 e. The molecular weight excluding hydrogens is 345 g/mol. The Morgan fingerprint density at radius 2 is 2.00 bits per heavy atom. The average molecular weight is 362 g/mol. The van der Waals surface area contributed by atoms with E-state index in [1.165, 1.54) is 0 Å². The maximum absolute atomic E-state index is 11.8. The summed E-state index contributed by atoms with van der Waals surface area (Å²) in [7, 11) is 0. The Labute approximate surface area is 150 Å². The predicted molar refractivity (Wildman–Crippen MR) is 98.0 cm³/mol. The van der Waals surface area contributed by atoms with E-state index >= 15 is 0 Å². The van der Waals surface area contributed by atoms with Crippen molar-refractivity contribution >= 4 is 41.1 Å². The maximum atomic E-state index is 11.8. The van der Waals surface area contributed by atoms with Gasteiger partial charge in [0.05, 0.1) is 22.3 Å². The first-order valence-corrected chi connectivity index (χ1v) is 8.39. The molecular formula is C18H17Cl2N3O. The van der Waals surface area contributed by atoms with Crippen LogP contribution in [0.25, 0.3) is 5.65 Å². The van der Waals surface area contributed by atoms with Crippen molar-refractivity contribution in [2.75, 3.05) is 4.90 Å². The molecule has 0 spiro atoms. The van der Waals surface area contributed by atoms with Crippen LogP contribution in [0.5, 0.6) is 0 Å². The zero-order valence-electron chi connectivity index (χ0n) is 13.4. The Morgan fingerprint density at radius 3 is 2.67 bits per heavy atom. The first-order valence-electron chi connectivity index (χ1n) is 7.64. The van der Waals surface area contributed by atoms with Crippen LogP contribution in [0.15, 0.2) is 42.6 Å². The van der Waals surface area contributed by atoms with Crippen molar-refractivity contribution in [3.63, 3.8) is 0 Å². The zero-order valence-corrected chi connectivity index (χ0v) is 14.9. The number of hydrogen-bond donors (Lipinski definition) is 0. The Bertz CT molecular complexity index is 889. The Hall–Kier alpha value is -2.04. The first-order chi connectivity index (χ1) is 11.5. The molecule has 0 aliphatic heterocycles. The molecule has 0 aliphatic rings. The van der Waals surface area contributed by atoms with Gasteiger partial charge in [-0.25, -0.2) is 4.98 Å². The highest BCUT2D eigenvalue weighted by Gasteiger charge is 2.20.